The molecule has 0 aliphatic heterocycles. The number of pyridine rings is 1. The first-order valence-corrected chi connectivity index (χ1v) is 7.41. The van der Waals surface area contributed by atoms with Gasteiger partial charge in [-0.1, -0.05) is 41.1 Å². The van der Waals surface area contributed by atoms with Crippen molar-refractivity contribution >= 4 is 15.9 Å². The lowest BCUT2D eigenvalue weighted by Gasteiger charge is -2.21. The number of rotatable bonds is 5. The largest absolute Gasteiger partial charge is 0.306 e. The monoisotopic (exact) mass is 318 g/mol. The molecule has 0 aliphatic rings. The predicted octanol–water partition coefficient (Wildman–Crippen LogP) is 4.24. The number of hydrogen-bond acceptors (Lipinski definition) is 2. The number of halogens is 1. The van der Waals surface area contributed by atoms with Crippen LogP contribution in [0.4, 0.5) is 0 Å². The van der Waals surface area contributed by atoms with Crippen LogP contribution in [0.2, 0.25) is 0 Å². The molecule has 1 unspecified atom stereocenters. The lowest BCUT2D eigenvalue weighted by atomic mass is 9.96. The van der Waals surface area contributed by atoms with Crippen LogP contribution in [-0.2, 0) is 0 Å². The van der Waals surface area contributed by atoms with Gasteiger partial charge in [-0.05, 0) is 48.7 Å². The lowest BCUT2D eigenvalue weighted by molar-refractivity contribution is 0.594. The Morgan fingerprint density at radius 3 is 2.79 bits per heavy atom. The van der Waals surface area contributed by atoms with E-state index in [1.807, 2.05) is 18.5 Å². The van der Waals surface area contributed by atoms with E-state index in [4.69, 9.17) is 0 Å². The molecule has 0 saturated carbocycles. The molecule has 0 saturated heterocycles. The second kappa shape index (κ2) is 6.83. The molecule has 0 spiro atoms. The molecule has 0 bridgehead atoms. The molecule has 2 nitrogen and oxygen atoms in total. The molecule has 2 rings (SSSR count). The standard InChI is InChI=1S/C16H19BrN2/c1-3-9-19-16(13-6-5-10-18-11-13)14-7-4-8-15(17)12(14)2/h4-8,10-11,16,19H,3,9H2,1-2H3. The van der Waals surface area contributed by atoms with Gasteiger partial charge in [0, 0.05) is 16.9 Å². The second-order valence-electron chi connectivity index (χ2n) is 4.63. The molecule has 0 fully saturated rings. The minimum Gasteiger partial charge on any atom is -0.306 e. The van der Waals surface area contributed by atoms with E-state index >= 15 is 0 Å². The van der Waals surface area contributed by atoms with Crippen molar-refractivity contribution in [2.24, 2.45) is 0 Å². The summed E-state index contributed by atoms with van der Waals surface area (Å²) >= 11 is 3.61. The molecular weight excluding hydrogens is 300 g/mol. The van der Waals surface area contributed by atoms with Crippen LogP contribution >= 0.6 is 15.9 Å². The fraction of sp³-hybridized carbons (Fsp3) is 0.312. The summed E-state index contributed by atoms with van der Waals surface area (Å²) in [6.45, 7) is 5.32. The Bertz CT molecular complexity index is 526. The Balaban J connectivity index is 2.40. The maximum atomic E-state index is 4.24. The highest BCUT2D eigenvalue weighted by Crippen LogP contribution is 2.28. The van der Waals surface area contributed by atoms with Gasteiger partial charge in [-0.15, -0.1) is 0 Å². The first-order chi connectivity index (χ1) is 9.24. The van der Waals surface area contributed by atoms with Crippen molar-refractivity contribution in [2.75, 3.05) is 6.54 Å². The quantitative estimate of drug-likeness (QED) is 0.891. The van der Waals surface area contributed by atoms with Crippen LogP contribution in [-0.4, -0.2) is 11.5 Å². The summed E-state index contributed by atoms with van der Waals surface area (Å²) < 4.78 is 1.15. The van der Waals surface area contributed by atoms with Gasteiger partial charge < -0.3 is 5.32 Å². The van der Waals surface area contributed by atoms with Crippen molar-refractivity contribution in [3.05, 3.63) is 63.9 Å². The van der Waals surface area contributed by atoms with Gasteiger partial charge in [-0.2, -0.15) is 0 Å². The van der Waals surface area contributed by atoms with Crippen molar-refractivity contribution in [1.82, 2.24) is 10.3 Å². The van der Waals surface area contributed by atoms with Gasteiger partial charge in [-0.25, -0.2) is 0 Å². The number of nitrogens with zero attached hydrogens (tertiary/aromatic N) is 1. The van der Waals surface area contributed by atoms with Crippen molar-refractivity contribution in [3.63, 3.8) is 0 Å². The Morgan fingerprint density at radius 1 is 1.26 bits per heavy atom. The van der Waals surface area contributed by atoms with Gasteiger partial charge in [0.15, 0.2) is 0 Å². The summed E-state index contributed by atoms with van der Waals surface area (Å²) in [5.41, 5.74) is 3.79. The minimum absolute atomic E-state index is 0.200. The first-order valence-electron chi connectivity index (χ1n) is 6.62. The van der Waals surface area contributed by atoms with Gasteiger partial charge in [0.05, 0.1) is 6.04 Å². The molecule has 100 valence electrons. The molecule has 19 heavy (non-hydrogen) atoms. The minimum atomic E-state index is 0.200. The van der Waals surface area contributed by atoms with Crippen LogP contribution in [0.1, 0.15) is 36.1 Å². The normalized spacial score (nSPS) is 12.4. The third kappa shape index (κ3) is 3.43. The zero-order chi connectivity index (χ0) is 13.7. The van der Waals surface area contributed by atoms with E-state index in [9.17, 15) is 0 Å². The van der Waals surface area contributed by atoms with Gasteiger partial charge in [-0.3, -0.25) is 4.98 Å². The maximum absolute atomic E-state index is 4.24. The van der Waals surface area contributed by atoms with Gasteiger partial charge in [0.2, 0.25) is 0 Å². The summed E-state index contributed by atoms with van der Waals surface area (Å²) in [5, 5.41) is 3.61. The zero-order valence-corrected chi connectivity index (χ0v) is 12.9. The molecular formula is C16H19BrN2. The van der Waals surface area contributed by atoms with Crippen LogP contribution < -0.4 is 5.32 Å². The van der Waals surface area contributed by atoms with Crippen LogP contribution in [0.3, 0.4) is 0 Å². The van der Waals surface area contributed by atoms with Crippen LogP contribution in [0, 0.1) is 6.92 Å². The SMILES string of the molecule is CCCNC(c1cccnc1)c1cccc(Br)c1C. The first kappa shape index (κ1) is 14.2. The van der Waals surface area contributed by atoms with Crippen LogP contribution in [0.15, 0.2) is 47.2 Å². The van der Waals surface area contributed by atoms with Crippen molar-refractivity contribution in [2.45, 2.75) is 26.3 Å². The second-order valence-corrected chi connectivity index (χ2v) is 5.48. The van der Waals surface area contributed by atoms with E-state index in [0.29, 0.717) is 0 Å². The highest BCUT2D eigenvalue weighted by atomic mass is 79.9. The third-order valence-corrected chi connectivity index (χ3v) is 4.10. The fourth-order valence-electron chi connectivity index (χ4n) is 2.18. The van der Waals surface area contributed by atoms with Crippen LogP contribution in [0.25, 0.3) is 0 Å². The summed E-state index contributed by atoms with van der Waals surface area (Å²) in [4.78, 5) is 4.24. The molecule has 1 N–H and O–H groups in total. The average molecular weight is 319 g/mol. The predicted molar refractivity (Wildman–Crippen MR) is 83.3 cm³/mol. The fourth-order valence-corrected chi connectivity index (χ4v) is 2.56. The zero-order valence-electron chi connectivity index (χ0n) is 11.4. The Labute approximate surface area is 123 Å². The summed E-state index contributed by atoms with van der Waals surface area (Å²) in [6, 6.07) is 10.7. The van der Waals surface area contributed by atoms with Crippen LogP contribution in [0.5, 0.6) is 0 Å². The van der Waals surface area contributed by atoms with E-state index in [1.54, 1.807) is 0 Å². The van der Waals surface area contributed by atoms with Crippen molar-refractivity contribution in [1.29, 1.82) is 0 Å². The molecule has 0 radical (unpaired) electrons. The molecule has 1 aromatic heterocycles. The lowest BCUT2D eigenvalue weighted by Crippen LogP contribution is -2.24. The van der Waals surface area contributed by atoms with Gasteiger partial charge in [0.1, 0.15) is 0 Å². The van der Waals surface area contributed by atoms with E-state index < -0.39 is 0 Å². The Morgan fingerprint density at radius 2 is 2.11 bits per heavy atom. The molecule has 1 heterocycles. The molecule has 0 aliphatic carbocycles. The van der Waals surface area contributed by atoms with E-state index in [0.717, 1.165) is 17.4 Å². The summed E-state index contributed by atoms with van der Waals surface area (Å²) in [7, 11) is 0. The van der Waals surface area contributed by atoms with E-state index in [-0.39, 0.29) is 6.04 Å². The number of aromatic nitrogens is 1. The van der Waals surface area contributed by atoms with Gasteiger partial charge >= 0.3 is 0 Å². The molecule has 2 aromatic rings. The van der Waals surface area contributed by atoms with E-state index in [2.05, 4.69) is 64.3 Å². The third-order valence-electron chi connectivity index (χ3n) is 3.24. The topological polar surface area (TPSA) is 24.9 Å². The maximum Gasteiger partial charge on any atom is 0.0594 e. The molecule has 1 atom stereocenters. The average Bonchev–Trinajstić information content (AvgIpc) is 2.45. The number of hydrogen-bond donors (Lipinski definition) is 1. The summed E-state index contributed by atoms with van der Waals surface area (Å²) in [5.74, 6) is 0. The molecule has 0 amide bonds. The number of benzene rings is 1. The smallest absolute Gasteiger partial charge is 0.0594 e. The summed E-state index contributed by atoms with van der Waals surface area (Å²) in [6.07, 6.45) is 4.87. The van der Waals surface area contributed by atoms with E-state index in [1.165, 1.54) is 16.7 Å². The highest BCUT2D eigenvalue weighted by Gasteiger charge is 2.16. The molecule has 1 aromatic carbocycles. The Hall–Kier alpha value is -1.19. The molecule has 3 heteroatoms. The Kier molecular flexibility index (Phi) is 5.11. The number of nitrogens with one attached hydrogen (secondary N) is 1. The highest BCUT2D eigenvalue weighted by molar-refractivity contribution is 9.10. The van der Waals surface area contributed by atoms with Crippen molar-refractivity contribution < 1.29 is 0 Å². The van der Waals surface area contributed by atoms with Crippen molar-refractivity contribution in [3.8, 4) is 0 Å². The van der Waals surface area contributed by atoms with Gasteiger partial charge in [0.25, 0.3) is 0 Å².